The van der Waals surface area contributed by atoms with Crippen LogP contribution in [0.4, 0.5) is 5.69 Å². The first-order chi connectivity index (χ1) is 15.1. The summed E-state index contributed by atoms with van der Waals surface area (Å²) in [6.07, 6.45) is 3.53. The van der Waals surface area contributed by atoms with Crippen molar-refractivity contribution in [3.63, 3.8) is 0 Å². The third-order valence-corrected chi connectivity index (χ3v) is 5.10. The number of carbonyl (C=O) groups is 3. The number of nitrogens with zero attached hydrogens (tertiary/aromatic N) is 1. The second-order valence-electron chi connectivity index (χ2n) is 7.50. The van der Waals surface area contributed by atoms with Gasteiger partial charge >= 0.3 is 0 Å². The van der Waals surface area contributed by atoms with E-state index in [9.17, 15) is 14.4 Å². The molecule has 1 saturated heterocycles. The number of rotatable bonds is 10. The summed E-state index contributed by atoms with van der Waals surface area (Å²) in [5, 5.41) is 5.41. The molecule has 1 aliphatic heterocycles. The summed E-state index contributed by atoms with van der Waals surface area (Å²) in [7, 11) is 0. The molecule has 1 fully saturated rings. The molecule has 7 nitrogen and oxygen atoms in total. The van der Waals surface area contributed by atoms with E-state index >= 15 is 0 Å². The molecule has 0 bridgehead atoms. The number of nitrogens with one attached hydrogen (secondary N) is 2. The molecule has 31 heavy (non-hydrogen) atoms. The molecule has 3 rings (SSSR count). The summed E-state index contributed by atoms with van der Waals surface area (Å²) < 4.78 is 5.58. The fourth-order valence-electron chi connectivity index (χ4n) is 3.28. The predicted octanol–water partition coefficient (Wildman–Crippen LogP) is 3.04. The number of unbranched alkanes of at least 4 members (excludes halogenated alkanes) is 1. The normalized spacial score (nSPS) is 13.2. The van der Waals surface area contributed by atoms with Gasteiger partial charge in [-0.1, -0.05) is 25.5 Å². The molecule has 0 atom stereocenters. The molecule has 0 spiro atoms. The van der Waals surface area contributed by atoms with Crippen molar-refractivity contribution < 1.29 is 19.1 Å². The Morgan fingerprint density at radius 2 is 1.77 bits per heavy atom. The number of amides is 3. The molecule has 2 N–H and O–H groups in total. The minimum absolute atomic E-state index is 0.103. The monoisotopic (exact) mass is 423 g/mol. The van der Waals surface area contributed by atoms with E-state index in [0.717, 1.165) is 42.8 Å². The number of hydrogen-bond donors (Lipinski definition) is 2. The van der Waals surface area contributed by atoms with Crippen LogP contribution in [-0.4, -0.2) is 37.4 Å². The van der Waals surface area contributed by atoms with Gasteiger partial charge in [-0.05, 0) is 54.8 Å². The van der Waals surface area contributed by atoms with E-state index in [1.807, 2.05) is 24.3 Å². The van der Waals surface area contributed by atoms with E-state index < -0.39 is 0 Å². The molecular formula is C24H29N3O4. The van der Waals surface area contributed by atoms with Gasteiger partial charge in [-0.15, -0.1) is 0 Å². The summed E-state index contributed by atoms with van der Waals surface area (Å²) in [5.41, 5.74) is 2.28. The number of carbonyl (C=O) groups excluding carboxylic acids is 3. The largest absolute Gasteiger partial charge is 0.494 e. The van der Waals surface area contributed by atoms with E-state index in [-0.39, 0.29) is 24.3 Å². The fraction of sp³-hybridized carbons (Fsp3) is 0.375. The Morgan fingerprint density at radius 3 is 2.42 bits per heavy atom. The SMILES string of the molecule is CCCCOc1ccc(C(=O)NCC(=O)NCc2ccc(N3CCCC3=O)cc2)cc1. The second-order valence-corrected chi connectivity index (χ2v) is 7.50. The van der Waals surface area contributed by atoms with E-state index in [1.165, 1.54) is 0 Å². The van der Waals surface area contributed by atoms with Gasteiger partial charge in [-0.25, -0.2) is 0 Å². The van der Waals surface area contributed by atoms with Crippen molar-refractivity contribution in [2.24, 2.45) is 0 Å². The second kappa shape index (κ2) is 11.2. The van der Waals surface area contributed by atoms with Crippen molar-refractivity contribution in [1.82, 2.24) is 10.6 Å². The molecule has 1 aliphatic rings. The molecular weight excluding hydrogens is 394 g/mol. The Bertz CT molecular complexity index is 894. The van der Waals surface area contributed by atoms with Crippen LogP contribution >= 0.6 is 0 Å². The highest BCUT2D eigenvalue weighted by atomic mass is 16.5. The summed E-state index contributed by atoms with van der Waals surface area (Å²) >= 11 is 0. The zero-order chi connectivity index (χ0) is 22.1. The lowest BCUT2D eigenvalue weighted by Gasteiger charge is -2.16. The smallest absolute Gasteiger partial charge is 0.251 e. The van der Waals surface area contributed by atoms with Crippen molar-refractivity contribution in [2.75, 3.05) is 24.6 Å². The number of ether oxygens (including phenoxy) is 1. The van der Waals surface area contributed by atoms with Crippen LogP contribution in [0, 0.1) is 0 Å². The maximum atomic E-state index is 12.2. The summed E-state index contributed by atoms with van der Waals surface area (Å²) in [4.78, 5) is 37.9. The van der Waals surface area contributed by atoms with Gasteiger partial charge in [0.2, 0.25) is 11.8 Å². The maximum absolute atomic E-state index is 12.2. The zero-order valence-electron chi connectivity index (χ0n) is 17.9. The van der Waals surface area contributed by atoms with Gasteiger partial charge in [0, 0.05) is 30.8 Å². The van der Waals surface area contributed by atoms with Crippen LogP contribution in [0.2, 0.25) is 0 Å². The molecule has 0 aromatic heterocycles. The van der Waals surface area contributed by atoms with E-state index in [4.69, 9.17) is 4.74 Å². The van der Waals surface area contributed by atoms with Gasteiger partial charge in [0.1, 0.15) is 5.75 Å². The van der Waals surface area contributed by atoms with Crippen LogP contribution in [0.25, 0.3) is 0 Å². The zero-order valence-corrected chi connectivity index (χ0v) is 17.9. The highest BCUT2D eigenvalue weighted by Gasteiger charge is 2.21. The topological polar surface area (TPSA) is 87.7 Å². The van der Waals surface area contributed by atoms with Gasteiger partial charge in [-0.3, -0.25) is 14.4 Å². The number of benzene rings is 2. The molecule has 0 aliphatic carbocycles. The number of hydrogen-bond acceptors (Lipinski definition) is 4. The maximum Gasteiger partial charge on any atom is 0.251 e. The molecule has 2 aromatic carbocycles. The Morgan fingerprint density at radius 1 is 1.03 bits per heavy atom. The van der Waals surface area contributed by atoms with Crippen molar-refractivity contribution in [2.45, 2.75) is 39.2 Å². The van der Waals surface area contributed by atoms with Crippen molar-refractivity contribution in [3.05, 3.63) is 59.7 Å². The van der Waals surface area contributed by atoms with Gasteiger partial charge in [-0.2, -0.15) is 0 Å². The van der Waals surface area contributed by atoms with E-state index in [0.29, 0.717) is 25.1 Å². The Hall–Kier alpha value is -3.35. The highest BCUT2D eigenvalue weighted by Crippen LogP contribution is 2.21. The molecule has 2 aromatic rings. The van der Waals surface area contributed by atoms with Gasteiger partial charge < -0.3 is 20.3 Å². The van der Waals surface area contributed by atoms with E-state index in [2.05, 4.69) is 17.6 Å². The van der Waals surface area contributed by atoms with Crippen molar-refractivity contribution in [3.8, 4) is 5.75 Å². The fourth-order valence-corrected chi connectivity index (χ4v) is 3.28. The predicted molar refractivity (Wildman–Crippen MR) is 119 cm³/mol. The van der Waals surface area contributed by atoms with Crippen molar-refractivity contribution >= 4 is 23.4 Å². The Kier molecular flexibility index (Phi) is 8.04. The lowest BCUT2D eigenvalue weighted by molar-refractivity contribution is -0.120. The van der Waals surface area contributed by atoms with Crippen LogP contribution in [0.1, 0.15) is 48.5 Å². The van der Waals surface area contributed by atoms with Crippen LogP contribution in [0.15, 0.2) is 48.5 Å². The minimum Gasteiger partial charge on any atom is -0.494 e. The van der Waals surface area contributed by atoms with Crippen LogP contribution < -0.4 is 20.3 Å². The Balaban J connectivity index is 1.39. The lowest BCUT2D eigenvalue weighted by atomic mass is 10.2. The highest BCUT2D eigenvalue weighted by molar-refractivity contribution is 5.96. The quantitative estimate of drug-likeness (QED) is 0.575. The molecule has 164 valence electrons. The summed E-state index contributed by atoms with van der Waals surface area (Å²) in [6.45, 7) is 3.76. The van der Waals surface area contributed by atoms with Crippen LogP contribution in [-0.2, 0) is 16.1 Å². The van der Waals surface area contributed by atoms with Gasteiger partial charge in [0.25, 0.3) is 5.91 Å². The number of anilines is 1. The standard InChI is InChI=1S/C24H29N3O4/c1-2-3-15-31-21-12-8-19(9-13-21)24(30)26-17-22(28)25-16-18-6-10-20(11-7-18)27-14-4-5-23(27)29/h6-13H,2-5,14-17H2,1H3,(H,25,28)(H,26,30). The molecule has 0 unspecified atom stereocenters. The Labute approximate surface area is 182 Å². The first-order valence-electron chi connectivity index (χ1n) is 10.7. The average molecular weight is 424 g/mol. The molecule has 0 radical (unpaired) electrons. The van der Waals surface area contributed by atoms with E-state index in [1.54, 1.807) is 29.2 Å². The third kappa shape index (κ3) is 6.57. The molecule has 1 heterocycles. The van der Waals surface area contributed by atoms with Crippen LogP contribution in [0.3, 0.4) is 0 Å². The lowest BCUT2D eigenvalue weighted by Crippen LogP contribution is -2.36. The summed E-state index contributed by atoms with van der Waals surface area (Å²) in [6, 6.07) is 14.4. The molecule has 3 amide bonds. The van der Waals surface area contributed by atoms with Crippen molar-refractivity contribution in [1.29, 1.82) is 0 Å². The summed E-state index contributed by atoms with van der Waals surface area (Å²) in [5.74, 6) is 0.292. The average Bonchev–Trinajstić information content (AvgIpc) is 3.23. The molecule has 0 saturated carbocycles. The third-order valence-electron chi connectivity index (χ3n) is 5.10. The minimum atomic E-state index is -0.310. The first-order valence-corrected chi connectivity index (χ1v) is 10.7. The van der Waals surface area contributed by atoms with Gasteiger partial charge in [0.15, 0.2) is 0 Å². The van der Waals surface area contributed by atoms with Crippen LogP contribution in [0.5, 0.6) is 5.75 Å². The molecule has 7 heteroatoms. The van der Waals surface area contributed by atoms with Gasteiger partial charge in [0.05, 0.1) is 13.2 Å². The first kappa shape index (κ1) is 22.3.